The first-order valence-electron chi connectivity index (χ1n) is 6.38. The Labute approximate surface area is 118 Å². The van der Waals surface area contributed by atoms with E-state index in [4.69, 9.17) is 10.2 Å². The van der Waals surface area contributed by atoms with Gasteiger partial charge in [0.25, 0.3) is 0 Å². The molecule has 0 amide bonds. The molecule has 0 aromatic carbocycles. The molecule has 0 bridgehead atoms. The zero-order valence-corrected chi connectivity index (χ0v) is 12.0. The normalized spacial score (nSPS) is 15.1. The number of aliphatic hydroxyl groups is 2. The van der Waals surface area contributed by atoms with Crippen LogP contribution in [0.25, 0.3) is 0 Å². The van der Waals surface area contributed by atoms with Gasteiger partial charge >= 0.3 is 11.9 Å². The van der Waals surface area contributed by atoms with Crippen LogP contribution in [-0.4, -0.2) is 38.2 Å². The average molecular weight is 286 g/mol. The summed E-state index contributed by atoms with van der Waals surface area (Å²) in [5.41, 5.74) is 0.0518. The molecule has 0 fully saturated rings. The van der Waals surface area contributed by atoms with Crippen molar-refractivity contribution < 1.29 is 30.0 Å². The fraction of sp³-hybridized carbons (Fsp3) is 0.571. The Balaban J connectivity index is 4.73. The lowest BCUT2D eigenvalue weighted by molar-refractivity contribution is -0.136. The van der Waals surface area contributed by atoms with Crippen molar-refractivity contribution in [2.75, 3.05) is 0 Å². The number of aliphatic carboxylic acids is 2. The molecule has 0 aromatic heterocycles. The third kappa shape index (κ3) is 7.06. The van der Waals surface area contributed by atoms with E-state index in [-0.39, 0.29) is 23.5 Å². The molecule has 0 radical (unpaired) electrons. The Morgan fingerprint density at radius 3 is 2.00 bits per heavy atom. The molecule has 1 unspecified atom stereocenters. The Morgan fingerprint density at radius 2 is 1.60 bits per heavy atom. The van der Waals surface area contributed by atoms with Crippen LogP contribution >= 0.6 is 0 Å². The van der Waals surface area contributed by atoms with Gasteiger partial charge in [0, 0.05) is 17.6 Å². The molecule has 0 aromatic rings. The minimum Gasteiger partial charge on any atom is -0.478 e. The summed E-state index contributed by atoms with van der Waals surface area (Å²) in [7, 11) is 0. The minimum atomic E-state index is -2.21. The number of hydrogen-bond donors (Lipinski definition) is 4. The summed E-state index contributed by atoms with van der Waals surface area (Å²) in [5, 5.41) is 36.9. The van der Waals surface area contributed by atoms with E-state index >= 15 is 0 Å². The van der Waals surface area contributed by atoms with Crippen molar-refractivity contribution >= 4 is 11.9 Å². The lowest BCUT2D eigenvalue weighted by Gasteiger charge is -2.20. The molecule has 0 saturated carbocycles. The molecular weight excluding hydrogens is 264 g/mol. The summed E-state index contributed by atoms with van der Waals surface area (Å²) in [5.74, 6) is -4.54. The molecule has 0 aliphatic rings. The van der Waals surface area contributed by atoms with E-state index in [1.54, 1.807) is 6.08 Å². The van der Waals surface area contributed by atoms with E-state index in [0.717, 1.165) is 6.08 Å². The smallest absolute Gasteiger partial charge is 0.331 e. The Bertz CT molecular complexity index is 419. The molecule has 0 saturated heterocycles. The fourth-order valence-corrected chi connectivity index (χ4v) is 1.71. The van der Waals surface area contributed by atoms with Gasteiger partial charge in [0.1, 0.15) is 0 Å². The maximum absolute atomic E-state index is 10.7. The Hall–Kier alpha value is -1.66. The van der Waals surface area contributed by atoms with Crippen LogP contribution in [0.4, 0.5) is 0 Å². The van der Waals surface area contributed by atoms with Crippen molar-refractivity contribution in [3.63, 3.8) is 0 Å². The minimum absolute atomic E-state index is 0.0699. The standard InChI is InChI=1S/C14H22O6/c1-4-11(7-9(2)12(15)16)5-6-14(19,20)8-10(3)13(17)18/h7-8,11,19-20H,4-6H2,1-3H3,(H,15,16)(H,17,18). The predicted octanol–water partition coefficient (Wildman–Crippen LogP) is 1.54. The molecule has 114 valence electrons. The van der Waals surface area contributed by atoms with Crippen molar-refractivity contribution in [2.45, 2.75) is 45.8 Å². The number of carbonyl (C=O) groups is 2. The molecular formula is C14H22O6. The number of carboxylic acids is 2. The second-order valence-electron chi connectivity index (χ2n) is 4.87. The lowest BCUT2D eigenvalue weighted by Crippen LogP contribution is -2.27. The SMILES string of the molecule is CCC(C=C(C)C(=O)O)CCC(O)(O)C=C(C)C(=O)O. The van der Waals surface area contributed by atoms with E-state index in [9.17, 15) is 19.8 Å². The third-order valence-electron chi connectivity index (χ3n) is 3.02. The highest BCUT2D eigenvalue weighted by molar-refractivity contribution is 5.86. The second-order valence-corrected chi connectivity index (χ2v) is 4.87. The van der Waals surface area contributed by atoms with Crippen LogP contribution in [0.3, 0.4) is 0 Å². The molecule has 0 aliphatic heterocycles. The van der Waals surface area contributed by atoms with Crippen LogP contribution in [-0.2, 0) is 9.59 Å². The first kappa shape index (κ1) is 18.3. The van der Waals surface area contributed by atoms with Gasteiger partial charge in [0.2, 0.25) is 0 Å². The monoisotopic (exact) mass is 286 g/mol. The van der Waals surface area contributed by atoms with E-state index < -0.39 is 17.7 Å². The first-order chi connectivity index (χ1) is 9.09. The summed E-state index contributed by atoms with van der Waals surface area (Å²) < 4.78 is 0. The van der Waals surface area contributed by atoms with Gasteiger partial charge in [-0.2, -0.15) is 0 Å². The Morgan fingerprint density at radius 1 is 1.10 bits per heavy atom. The maximum atomic E-state index is 10.7. The number of hydrogen-bond acceptors (Lipinski definition) is 4. The summed E-state index contributed by atoms with van der Waals surface area (Å²) >= 11 is 0. The molecule has 6 nitrogen and oxygen atoms in total. The van der Waals surface area contributed by atoms with Crippen molar-refractivity contribution in [2.24, 2.45) is 5.92 Å². The average Bonchev–Trinajstić information content (AvgIpc) is 2.33. The summed E-state index contributed by atoms with van der Waals surface area (Å²) in [6.07, 6.45) is 3.39. The number of rotatable bonds is 8. The highest BCUT2D eigenvalue weighted by Crippen LogP contribution is 2.21. The van der Waals surface area contributed by atoms with Crippen LogP contribution in [0.15, 0.2) is 23.3 Å². The fourth-order valence-electron chi connectivity index (χ4n) is 1.71. The van der Waals surface area contributed by atoms with Crippen molar-refractivity contribution in [1.29, 1.82) is 0 Å². The second kappa shape index (κ2) is 7.81. The van der Waals surface area contributed by atoms with Crippen LogP contribution < -0.4 is 0 Å². The highest BCUT2D eigenvalue weighted by atomic mass is 16.5. The highest BCUT2D eigenvalue weighted by Gasteiger charge is 2.23. The lowest BCUT2D eigenvalue weighted by atomic mass is 9.94. The van der Waals surface area contributed by atoms with Crippen LogP contribution in [0.2, 0.25) is 0 Å². The largest absolute Gasteiger partial charge is 0.478 e. The van der Waals surface area contributed by atoms with Gasteiger partial charge in [-0.3, -0.25) is 0 Å². The van der Waals surface area contributed by atoms with Gasteiger partial charge < -0.3 is 20.4 Å². The van der Waals surface area contributed by atoms with Crippen LogP contribution in [0.1, 0.15) is 40.0 Å². The predicted molar refractivity (Wildman–Crippen MR) is 73.0 cm³/mol. The summed E-state index contributed by atoms with van der Waals surface area (Å²) in [4.78, 5) is 21.4. The Kier molecular flexibility index (Phi) is 7.17. The molecule has 0 heterocycles. The van der Waals surface area contributed by atoms with Crippen molar-refractivity contribution in [3.05, 3.63) is 23.3 Å². The van der Waals surface area contributed by atoms with Gasteiger partial charge in [-0.05, 0) is 38.7 Å². The van der Waals surface area contributed by atoms with Gasteiger partial charge in [-0.1, -0.05) is 13.0 Å². The van der Waals surface area contributed by atoms with Crippen LogP contribution in [0, 0.1) is 5.92 Å². The molecule has 6 heteroatoms. The van der Waals surface area contributed by atoms with E-state index in [0.29, 0.717) is 12.8 Å². The summed E-state index contributed by atoms with van der Waals surface area (Å²) in [6.45, 7) is 4.62. The van der Waals surface area contributed by atoms with E-state index in [1.807, 2.05) is 6.92 Å². The van der Waals surface area contributed by atoms with Gasteiger partial charge in [0.15, 0.2) is 5.79 Å². The third-order valence-corrected chi connectivity index (χ3v) is 3.02. The molecule has 4 N–H and O–H groups in total. The zero-order chi connectivity index (χ0) is 15.9. The topological polar surface area (TPSA) is 115 Å². The molecule has 0 aliphatic carbocycles. The van der Waals surface area contributed by atoms with Crippen LogP contribution in [0.5, 0.6) is 0 Å². The van der Waals surface area contributed by atoms with E-state index in [2.05, 4.69) is 0 Å². The maximum Gasteiger partial charge on any atom is 0.331 e. The van der Waals surface area contributed by atoms with Crippen molar-refractivity contribution in [1.82, 2.24) is 0 Å². The van der Waals surface area contributed by atoms with Gasteiger partial charge in [0.05, 0.1) is 0 Å². The molecule has 0 spiro atoms. The number of allylic oxidation sites excluding steroid dienone is 1. The van der Waals surface area contributed by atoms with Gasteiger partial charge in [-0.15, -0.1) is 0 Å². The van der Waals surface area contributed by atoms with Crippen molar-refractivity contribution in [3.8, 4) is 0 Å². The summed E-state index contributed by atoms with van der Waals surface area (Å²) in [6, 6.07) is 0. The quantitative estimate of drug-likeness (QED) is 0.397. The first-order valence-corrected chi connectivity index (χ1v) is 6.38. The number of carboxylic acid groups (broad SMARTS) is 2. The zero-order valence-electron chi connectivity index (χ0n) is 12.0. The molecule has 0 rings (SSSR count). The molecule has 20 heavy (non-hydrogen) atoms. The van der Waals surface area contributed by atoms with E-state index in [1.165, 1.54) is 13.8 Å². The van der Waals surface area contributed by atoms with Gasteiger partial charge in [-0.25, -0.2) is 9.59 Å². The molecule has 1 atom stereocenters.